The van der Waals surface area contributed by atoms with Gasteiger partial charge in [0, 0.05) is 26.1 Å². The lowest BCUT2D eigenvalue weighted by Crippen LogP contribution is -2.43. The zero-order valence-corrected chi connectivity index (χ0v) is 19.9. The highest BCUT2D eigenvalue weighted by Gasteiger charge is 2.29. The SMILES string of the molecule is COc1ccc(C(CNC(=O)CCc2ccc(OCC(F)(F)F)c(OC)c2)N2CCOCC2)cc1. The van der Waals surface area contributed by atoms with Crippen LogP contribution in [0.25, 0.3) is 0 Å². The van der Waals surface area contributed by atoms with Crippen molar-refractivity contribution in [1.29, 1.82) is 0 Å². The molecule has 3 rings (SSSR count). The summed E-state index contributed by atoms with van der Waals surface area (Å²) >= 11 is 0. The summed E-state index contributed by atoms with van der Waals surface area (Å²) in [5.74, 6) is 0.849. The van der Waals surface area contributed by atoms with Gasteiger partial charge < -0.3 is 24.3 Å². The first kappa shape index (κ1) is 26.6. The minimum Gasteiger partial charge on any atom is -0.497 e. The molecule has 10 heteroatoms. The Balaban J connectivity index is 1.57. The van der Waals surface area contributed by atoms with E-state index in [9.17, 15) is 18.0 Å². The second-order valence-corrected chi connectivity index (χ2v) is 8.13. The zero-order chi connectivity index (χ0) is 25.3. The van der Waals surface area contributed by atoms with Gasteiger partial charge in [-0.15, -0.1) is 0 Å². The molecule has 2 aromatic carbocycles. The summed E-state index contributed by atoms with van der Waals surface area (Å²) in [7, 11) is 2.98. The summed E-state index contributed by atoms with van der Waals surface area (Å²) in [6.45, 7) is 1.88. The number of methoxy groups -OCH3 is 2. The largest absolute Gasteiger partial charge is 0.497 e. The second-order valence-electron chi connectivity index (χ2n) is 8.13. The van der Waals surface area contributed by atoms with Crippen LogP contribution in [0.5, 0.6) is 17.2 Å². The van der Waals surface area contributed by atoms with Crippen LogP contribution in [0.2, 0.25) is 0 Å². The van der Waals surface area contributed by atoms with Gasteiger partial charge in [-0.3, -0.25) is 9.69 Å². The highest BCUT2D eigenvalue weighted by atomic mass is 19.4. The topological polar surface area (TPSA) is 69.3 Å². The van der Waals surface area contributed by atoms with Crippen LogP contribution in [0.3, 0.4) is 0 Å². The third-order valence-corrected chi connectivity index (χ3v) is 5.74. The predicted molar refractivity (Wildman–Crippen MR) is 124 cm³/mol. The molecule has 0 radical (unpaired) electrons. The summed E-state index contributed by atoms with van der Waals surface area (Å²) < 4.78 is 58.0. The maximum atomic E-state index is 12.6. The van der Waals surface area contributed by atoms with Gasteiger partial charge in [-0.05, 0) is 41.8 Å². The molecule has 1 atom stereocenters. The molecule has 7 nitrogen and oxygen atoms in total. The van der Waals surface area contributed by atoms with Crippen LogP contribution in [0.15, 0.2) is 42.5 Å². The first-order chi connectivity index (χ1) is 16.8. The number of halogens is 3. The normalized spacial score (nSPS) is 15.3. The Labute approximate surface area is 203 Å². The number of amides is 1. The monoisotopic (exact) mass is 496 g/mol. The Morgan fingerprint density at radius 1 is 1.06 bits per heavy atom. The number of rotatable bonds is 11. The van der Waals surface area contributed by atoms with Gasteiger partial charge >= 0.3 is 6.18 Å². The number of ether oxygens (including phenoxy) is 4. The van der Waals surface area contributed by atoms with Crippen molar-refractivity contribution in [2.24, 2.45) is 0 Å². The molecule has 1 fully saturated rings. The number of carbonyl (C=O) groups excluding carboxylic acids is 1. The average molecular weight is 497 g/mol. The van der Waals surface area contributed by atoms with Gasteiger partial charge in [0.05, 0.1) is 33.5 Å². The molecule has 2 aromatic rings. The molecular formula is C25H31F3N2O5. The van der Waals surface area contributed by atoms with Crippen molar-refractivity contribution < 1.29 is 36.9 Å². The maximum absolute atomic E-state index is 12.6. The molecule has 0 aliphatic carbocycles. The molecule has 1 N–H and O–H groups in total. The van der Waals surface area contributed by atoms with E-state index in [0.717, 1.165) is 30.0 Å². The van der Waals surface area contributed by atoms with Gasteiger partial charge in [-0.1, -0.05) is 18.2 Å². The molecule has 1 aliphatic rings. The lowest BCUT2D eigenvalue weighted by atomic mass is 10.0. The van der Waals surface area contributed by atoms with E-state index in [1.807, 2.05) is 24.3 Å². The Hall–Kier alpha value is -2.98. The van der Waals surface area contributed by atoms with Crippen molar-refractivity contribution in [2.45, 2.75) is 25.1 Å². The number of benzene rings is 2. The number of carbonyl (C=O) groups is 1. The Bertz CT molecular complexity index is 947. The minimum absolute atomic E-state index is 0.00100. The number of morpholine rings is 1. The van der Waals surface area contributed by atoms with Crippen LogP contribution in [0.1, 0.15) is 23.6 Å². The number of nitrogens with zero attached hydrogens (tertiary/aromatic N) is 1. The van der Waals surface area contributed by atoms with Crippen LogP contribution < -0.4 is 19.5 Å². The lowest BCUT2D eigenvalue weighted by Gasteiger charge is -2.35. The lowest BCUT2D eigenvalue weighted by molar-refractivity contribution is -0.153. The van der Waals surface area contributed by atoms with E-state index in [1.165, 1.54) is 13.2 Å². The van der Waals surface area contributed by atoms with Crippen molar-refractivity contribution in [3.8, 4) is 17.2 Å². The van der Waals surface area contributed by atoms with E-state index < -0.39 is 12.8 Å². The summed E-state index contributed by atoms with van der Waals surface area (Å²) in [5.41, 5.74) is 1.84. The van der Waals surface area contributed by atoms with E-state index in [4.69, 9.17) is 18.9 Å². The van der Waals surface area contributed by atoms with E-state index in [1.54, 1.807) is 19.2 Å². The highest BCUT2D eigenvalue weighted by Crippen LogP contribution is 2.30. The number of hydrogen-bond acceptors (Lipinski definition) is 6. The van der Waals surface area contributed by atoms with Gasteiger partial charge in [-0.2, -0.15) is 13.2 Å². The van der Waals surface area contributed by atoms with Crippen LogP contribution >= 0.6 is 0 Å². The third kappa shape index (κ3) is 8.32. The molecule has 192 valence electrons. The van der Waals surface area contributed by atoms with Crippen molar-refractivity contribution in [2.75, 3.05) is 53.7 Å². The fraction of sp³-hybridized carbons (Fsp3) is 0.480. The van der Waals surface area contributed by atoms with Crippen LogP contribution in [0, 0.1) is 0 Å². The van der Waals surface area contributed by atoms with Gasteiger partial charge in [-0.25, -0.2) is 0 Å². The quantitative estimate of drug-likeness (QED) is 0.511. The molecule has 1 heterocycles. The molecule has 0 aromatic heterocycles. The fourth-order valence-electron chi connectivity index (χ4n) is 3.88. The van der Waals surface area contributed by atoms with Crippen molar-refractivity contribution in [3.63, 3.8) is 0 Å². The van der Waals surface area contributed by atoms with Crippen molar-refractivity contribution >= 4 is 5.91 Å². The van der Waals surface area contributed by atoms with E-state index in [-0.39, 0.29) is 29.9 Å². The second kappa shape index (κ2) is 12.6. The maximum Gasteiger partial charge on any atom is 0.422 e. The van der Waals surface area contributed by atoms with E-state index in [0.29, 0.717) is 26.2 Å². The Morgan fingerprint density at radius 2 is 1.77 bits per heavy atom. The number of hydrogen-bond donors (Lipinski definition) is 1. The summed E-state index contributed by atoms with van der Waals surface area (Å²) in [6, 6.07) is 12.5. The standard InChI is InChI=1S/C25H31F3N2O5/c1-32-20-7-5-19(6-8-20)21(30-11-13-34-14-12-30)16-29-24(31)10-4-18-3-9-22(23(15-18)33-2)35-17-25(26,27)28/h3,5-9,15,21H,4,10-14,16-17H2,1-2H3,(H,29,31). The van der Waals surface area contributed by atoms with Crippen LogP contribution in [-0.4, -0.2) is 70.7 Å². The smallest absolute Gasteiger partial charge is 0.422 e. The van der Waals surface area contributed by atoms with Crippen LogP contribution in [0.4, 0.5) is 13.2 Å². The molecular weight excluding hydrogens is 465 g/mol. The Morgan fingerprint density at radius 3 is 2.40 bits per heavy atom. The highest BCUT2D eigenvalue weighted by molar-refractivity contribution is 5.76. The number of nitrogens with one attached hydrogen (secondary N) is 1. The molecule has 35 heavy (non-hydrogen) atoms. The van der Waals surface area contributed by atoms with Crippen molar-refractivity contribution in [1.82, 2.24) is 10.2 Å². The summed E-state index contributed by atoms with van der Waals surface area (Å²) in [5, 5.41) is 3.02. The van der Waals surface area contributed by atoms with Crippen molar-refractivity contribution in [3.05, 3.63) is 53.6 Å². The first-order valence-electron chi connectivity index (χ1n) is 11.4. The zero-order valence-electron chi connectivity index (χ0n) is 19.9. The van der Waals surface area contributed by atoms with Gasteiger partial charge in [0.1, 0.15) is 5.75 Å². The summed E-state index contributed by atoms with van der Waals surface area (Å²) in [6.07, 6.45) is -3.80. The molecule has 0 bridgehead atoms. The predicted octanol–water partition coefficient (Wildman–Crippen LogP) is 3.77. The molecule has 0 spiro atoms. The molecule has 1 aliphatic heterocycles. The Kier molecular flexibility index (Phi) is 9.62. The number of aryl methyl sites for hydroxylation is 1. The van der Waals surface area contributed by atoms with Crippen LogP contribution in [-0.2, 0) is 16.0 Å². The molecule has 1 amide bonds. The fourth-order valence-corrected chi connectivity index (χ4v) is 3.88. The molecule has 0 saturated carbocycles. The van der Waals surface area contributed by atoms with Gasteiger partial charge in [0.2, 0.25) is 5.91 Å². The van der Waals surface area contributed by atoms with E-state index >= 15 is 0 Å². The molecule has 1 saturated heterocycles. The molecule has 1 unspecified atom stereocenters. The first-order valence-corrected chi connectivity index (χ1v) is 11.4. The number of alkyl halides is 3. The summed E-state index contributed by atoms with van der Waals surface area (Å²) in [4.78, 5) is 14.9. The third-order valence-electron chi connectivity index (χ3n) is 5.74. The minimum atomic E-state index is -4.44. The van der Waals surface area contributed by atoms with Gasteiger partial charge in [0.25, 0.3) is 0 Å². The van der Waals surface area contributed by atoms with E-state index in [2.05, 4.69) is 10.2 Å². The average Bonchev–Trinajstić information content (AvgIpc) is 2.87. The van der Waals surface area contributed by atoms with Gasteiger partial charge in [0.15, 0.2) is 18.1 Å².